The van der Waals surface area contributed by atoms with Gasteiger partial charge in [-0.25, -0.2) is 9.59 Å². The SMILES string of the molecule is CC(C)(C)OC(=O)C#CCCC1CCC/C1=C(/C(=O)OC(C)(C)C)[Si](C)(C)C. The molecule has 0 spiro atoms. The van der Waals surface area contributed by atoms with E-state index in [9.17, 15) is 9.59 Å². The lowest BCUT2D eigenvalue weighted by molar-refractivity contribution is -0.149. The van der Waals surface area contributed by atoms with Gasteiger partial charge < -0.3 is 9.47 Å². The van der Waals surface area contributed by atoms with E-state index in [4.69, 9.17) is 9.47 Å². The number of hydrogen-bond acceptors (Lipinski definition) is 4. The van der Waals surface area contributed by atoms with Crippen LogP contribution >= 0.6 is 0 Å². The Balaban J connectivity index is 2.93. The Kier molecular flexibility index (Phi) is 8.14. The van der Waals surface area contributed by atoms with Gasteiger partial charge in [-0.2, -0.15) is 0 Å². The summed E-state index contributed by atoms with van der Waals surface area (Å²) in [5.74, 6) is 5.25. The Labute approximate surface area is 172 Å². The molecule has 0 heterocycles. The number of carbonyl (C=O) groups excluding carboxylic acids is 2. The zero-order chi connectivity index (χ0) is 21.8. The summed E-state index contributed by atoms with van der Waals surface area (Å²) in [6, 6.07) is 0. The molecule has 0 aromatic rings. The highest BCUT2D eigenvalue weighted by molar-refractivity contribution is 6.87. The van der Waals surface area contributed by atoms with Gasteiger partial charge in [0.05, 0.1) is 8.07 Å². The largest absolute Gasteiger partial charge is 0.457 e. The summed E-state index contributed by atoms with van der Waals surface area (Å²) >= 11 is 0. The molecule has 1 saturated carbocycles. The van der Waals surface area contributed by atoms with E-state index in [0.717, 1.165) is 30.9 Å². The molecule has 4 nitrogen and oxygen atoms in total. The average Bonchev–Trinajstić information content (AvgIpc) is 2.86. The monoisotopic (exact) mass is 406 g/mol. The molecule has 158 valence electrons. The molecule has 1 aliphatic carbocycles. The Morgan fingerprint density at radius 1 is 1.04 bits per heavy atom. The molecule has 28 heavy (non-hydrogen) atoms. The number of rotatable bonds is 4. The Hall–Kier alpha value is -1.54. The van der Waals surface area contributed by atoms with Crippen molar-refractivity contribution in [2.45, 2.75) is 104 Å². The molecule has 1 fully saturated rings. The second-order valence-corrected chi connectivity index (χ2v) is 15.6. The summed E-state index contributed by atoms with van der Waals surface area (Å²) in [4.78, 5) is 24.7. The van der Waals surface area contributed by atoms with Gasteiger partial charge in [-0.1, -0.05) is 31.1 Å². The summed E-state index contributed by atoms with van der Waals surface area (Å²) in [6.07, 6.45) is 4.61. The minimum absolute atomic E-state index is 0.145. The first kappa shape index (κ1) is 24.5. The van der Waals surface area contributed by atoms with Gasteiger partial charge in [0, 0.05) is 17.5 Å². The first-order valence-corrected chi connectivity index (χ1v) is 13.8. The first-order chi connectivity index (χ1) is 12.6. The summed E-state index contributed by atoms with van der Waals surface area (Å²) in [7, 11) is -1.85. The van der Waals surface area contributed by atoms with Crippen LogP contribution in [0.4, 0.5) is 0 Å². The Bertz CT molecular complexity index is 673. The molecule has 1 rings (SSSR count). The van der Waals surface area contributed by atoms with Gasteiger partial charge in [0.25, 0.3) is 0 Å². The van der Waals surface area contributed by atoms with E-state index >= 15 is 0 Å². The smallest absolute Gasteiger partial charge is 0.384 e. The molecule has 0 bridgehead atoms. The maximum absolute atomic E-state index is 13.0. The van der Waals surface area contributed by atoms with Gasteiger partial charge in [0.1, 0.15) is 11.2 Å². The van der Waals surface area contributed by atoms with Crippen LogP contribution in [0.2, 0.25) is 19.6 Å². The zero-order valence-corrected chi connectivity index (χ0v) is 20.2. The fraction of sp³-hybridized carbons (Fsp3) is 0.739. The highest BCUT2D eigenvalue weighted by atomic mass is 28.3. The van der Waals surface area contributed by atoms with E-state index < -0.39 is 25.2 Å². The standard InChI is InChI=1S/C23H38O4Si/c1-22(2,3)26-19(24)16-11-10-13-17-14-12-15-18(17)20(28(7,8)9)21(25)27-23(4,5)6/h17H,10,12-15H2,1-9H3/b20-18+. The molecule has 0 N–H and O–H groups in total. The van der Waals surface area contributed by atoms with Gasteiger partial charge in [-0.05, 0) is 73.1 Å². The van der Waals surface area contributed by atoms with Crippen LogP contribution in [0.3, 0.4) is 0 Å². The highest BCUT2D eigenvalue weighted by Gasteiger charge is 2.36. The van der Waals surface area contributed by atoms with E-state index in [-0.39, 0.29) is 5.97 Å². The van der Waals surface area contributed by atoms with Crippen LogP contribution in [0, 0.1) is 17.8 Å². The van der Waals surface area contributed by atoms with Gasteiger partial charge in [0.15, 0.2) is 0 Å². The van der Waals surface area contributed by atoms with Crippen molar-refractivity contribution >= 4 is 20.0 Å². The van der Waals surface area contributed by atoms with Crippen molar-refractivity contribution in [2.75, 3.05) is 0 Å². The maximum atomic E-state index is 13.0. The fourth-order valence-electron chi connectivity index (χ4n) is 3.50. The third kappa shape index (κ3) is 8.64. The number of allylic oxidation sites excluding steroid dienone is 1. The predicted octanol–water partition coefficient (Wildman–Crippen LogP) is 5.43. The Morgan fingerprint density at radius 2 is 1.61 bits per heavy atom. The van der Waals surface area contributed by atoms with Crippen LogP contribution in [0.15, 0.2) is 10.8 Å². The first-order valence-electron chi connectivity index (χ1n) is 10.3. The quantitative estimate of drug-likeness (QED) is 0.205. The topological polar surface area (TPSA) is 52.6 Å². The molecule has 0 aromatic heterocycles. The van der Waals surface area contributed by atoms with E-state index in [1.54, 1.807) is 0 Å². The van der Waals surface area contributed by atoms with E-state index in [1.165, 1.54) is 5.57 Å². The van der Waals surface area contributed by atoms with Crippen molar-refractivity contribution in [2.24, 2.45) is 5.92 Å². The summed E-state index contributed by atoms with van der Waals surface area (Å²) in [5, 5.41) is 0.949. The summed E-state index contributed by atoms with van der Waals surface area (Å²) < 4.78 is 11.0. The number of carbonyl (C=O) groups is 2. The van der Waals surface area contributed by atoms with Crippen LogP contribution in [-0.4, -0.2) is 31.2 Å². The molecular formula is C23H38O4Si. The molecule has 1 atom stereocenters. The molecule has 0 amide bonds. The molecule has 1 unspecified atom stereocenters. The van der Waals surface area contributed by atoms with Gasteiger partial charge >= 0.3 is 11.9 Å². The average molecular weight is 407 g/mol. The van der Waals surface area contributed by atoms with Crippen molar-refractivity contribution in [3.63, 3.8) is 0 Å². The lowest BCUT2D eigenvalue weighted by atomic mass is 9.96. The fourth-order valence-corrected chi connectivity index (χ4v) is 5.45. The van der Waals surface area contributed by atoms with Crippen molar-refractivity contribution in [1.29, 1.82) is 0 Å². The highest BCUT2D eigenvalue weighted by Crippen LogP contribution is 2.39. The van der Waals surface area contributed by atoms with Crippen molar-refractivity contribution in [3.05, 3.63) is 10.8 Å². The molecule has 1 aliphatic rings. The molecular weight excluding hydrogens is 368 g/mol. The predicted molar refractivity (Wildman–Crippen MR) is 116 cm³/mol. The second kappa shape index (κ2) is 9.30. The second-order valence-electron chi connectivity index (χ2n) is 10.6. The van der Waals surface area contributed by atoms with Crippen molar-refractivity contribution in [1.82, 2.24) is 0 Å². The molecule has 0 radical (unpaired) electrons. The van der Waals surface area contributed by atoms with Crippen LogP contribution in [-0.2, 0) is 19.1 Å². The normalized spacial score (nSPS) is 19.5. The van der Waals surface area contributed by atoms with Crippen LogP contribution in [0.5, 0.6) is 0 Å². The molecule has 0 aliphatic heterocycles. The van der Waals surface area contributed by atoms with E-state index in [1.807, 2.05) is 41.5 Å². The number of esters is 2. The minimum Gasteiger partial charge on any atom is -0.457 e. The minimum atomic E-state index is -1.85. The molecule has 0 saturated heterocycles. The molecule has 5 heteroatoms. The van der Waals surface area contributed by atoms with Crippen molar-refractivity contribution in [3.8, 4) is 11.8 Å². The zero-order valence-electron chi connectivity index (χ0n) is 19.2. The number of hydrogen-bond donors (Lipinski definition) is 0. The van der Waals surface area contributed by atoms with Gasteiger partial charge in [0.2, 0.25) is 0 Å². The summed E-state index contributed by atoms with van der Waals surface area (Å²) in [6.45, 7) is 17.8. The van der Waals surface area contributed by atoms with E-state index in [2.05, 4.69) is 31.5 Å². The van der Waals surface area contributed by atoms with Crippen LogP contribution < -0.4 is 0 Å². The van der Waals surface area contributed by atoms with Crippen LogP contribution in [0.25, 0.3) is 0 Å². The lowest BCUT2D eigenvalue weighted by Gasteiger charge is -2.28. The van der Waals surface area contributed by atoms with E-state index in [0.29, 0.717) is 12.3 Å². The van der Waals surface area contributed by atoms with Crippen LogP contribution in [0.1, 0.15) is 73.6 Å². The third-order valence-corrected chi connectivity index (χ3v) is 6.40. The Morgan fingerprint density at radius 3 is 2.11 bits per heavy atom. The molecule has 0 aromatic carbocycles. The van der Waals surface area contributed by atoms with Gasteiger partial charge in [-0.15, -0.1) is 0 Å². The third-order valence-electron chi connectivity index (χ3n) is 4.37. The van der Waals surface area contributed by atoms with Crippen molar-refractivity contribution < 1.29 is 19.1 Å². The summed E-state index contributed by atoms with van der Waals surface area (Å²) in [5.41, 5.74) is 0.259. The maximum Gasteiger partial charge on any atom is 0.384 e. The van der Waals surface area contributed by atoms with Gasteiger partial charge in [-0.3, -0.25) is 0 Å². The number of ether oxygens (including phenoxy) is 2. The lowest BCUT2D eigenvalue weighted by Crippen LogP contribution is -2.36.